The summed E-state index contributed by atoms with van der Waals surface area (Å²) in [6.45, 7) is 2.67. The Bertz CT molecular complexity index is 283. The van der Waals surface area contributed by atoms with E-state index in [2.05, 4.69) is 10.5 Å². The van der Waals surface area contributed by atoms with E-state index in [4.69, 9.17) is 9.26 Å². The summed E-state index contributed by atoms with van der Waals surface area (Å²) in [7, 11) is 1.58. The van der Waals surface area contributed by atoms with E-state index in [0.29, 0.717) is 24.5 Å². The van der Waals surface area contributed by atoms with Crippen molar-refractivity contribution in [3.8, 4) is 0 Å². The SMILES string of the molecule is COCCNC(=O)c1cnoc1C. The number of aryl methyl sites for hydroxylation is 1. The van der Waals surface area contributed by atoms with Gasteiger partial charge in [0.2, 0.25) is 0 Å². The van der Waals surface area contributed by atoms with Crippen molar-refractivity contribution in [3.05, 3.63) is 17.5 Å². The molecule has 0 atom stereocenters. The van der Waals surface area contributed by atoms with Gasteiger partial charge in [-0.15, -0.1) is 0 Å². The van der Waals surface area contributed by atoms with Crippen molar-refractivity contribution in [1.29, 1.82) is 0 Å². The van der Waals surface area contributed by atoms with Crippen molar-refractivity contribution in [3.63, 3.8) is 0 Å². The van der Waals surface area contributed by atoms with Crippen molar-refractivity contribution in [2.75, 3.05) is 20.3 Å². The molecule has 0 aliphatic carbocycles. The fourth-order valence-corrected chi connectivity index (χ4v) is 0.879. The van der Waals surface area contributed by atoms with Crippen molar-refractivity contribution in [2.45, 2.75) is 6.92 Å². The molecule has 1 rings (SSSR count). The van der Waals surface area contributed by atoms with E-state index in [1.54, 1.807) is 14.0 Å². The molecule has 1 heterocycles. The zero-order chi connectivity index (χ0) is 9.68. The van der Waals surface area contributed by atoms with Gasteiger partial charge in [0.05, 0.1) is 12.8 Å². The molecule has 1 N–H and O–H groups in total. The number of ether oxygens (including phenoxy) is 1. The first-order chi connectivity index (χ1) is 6.25. The van der Waals surface area contributed by atoms with Crippen LogP contribution in [0, 0.1) is 6.92 Å². The number of nitrogens with one attached hydrogen (secondary N) is 1. The molecule has 0 saturated carbocycles. The third kappa shape index (κ3) is 2.55. The highest BCUT2D eigenvalue weighted by Crippen LogP contribution is 2.04. The predicted molar refractivity (Wildman–Crippen MR) is 45.4 cm³/mol. The molecule has 5 nitrogen and oxygen atoms in total. The second-order valence-electron chi connectivity index (χ2n) is 2.54. The second kappa shape index (κ2) is 4.61. The lowest BCUT2D eigenvalue weighted by molar-refractivity contribution is 0.0935. The van der Waals surface area contributed by atoms with E-state index < -0.39 is 0 Å². The van der Waals surface area contributed by atoms with Gasteiger partial charge >= 0.3 is 0 Å². The van der Waals surface area contributed by atoms with Gasteiger partial charge < -0.3 is 14.6 Å². The van der Waals surface area contributed by atoms with Crippen LogP contribution in [0.3, 0.4) is 0 Å². The topological polar surface area (TPSA) is 64.4 Å². The quantitative estimate of drug-likeness (QED) is 0.686. The normalized spacial score (nSPS) is 10.0. The Labute approximate surface area is 76.0 Å². The Hall–Kier alpha value is -1.36. The van der Waals surface area contributed by atoms with Gasteiger partial charge in [-0.25, -0.2) is 0 Å². The van der Waals surface area contributed by atoms with Crippen molar-refractivity contribution in [2.24, 2.45) is 0 Å². The molecule has 0 unspecified atom stereocenters. The van der Waals surface area contributed by atoms with Crippen molar-refractivity contribution in [1.82, 2.24) is 10.5 Å². The lowest BCUT2D eigenvalue weighted by Gasteiger charge is -2.01. The fourth-order valence-electron chi connectivity index (χ4n) is 0.879. The molecule has 1 aromatic heterocycles. The molecule has 0 fully saturated rings. The summed E-state index contributed by atoms with van der Waals surface area (Å²) in [4.78, 5) is 11.3. The highest BCUT2D eigenvalue weighted by Gasteiger charge is 2.11. The van der Waals surface area contributed by atoms with Gasteiger partial charge in [-0.2, -0.15) is 0 Å². The molecule has 72 valence electrons. The van der Waals surface area contributed by atoms with Crippen LogP contribution in [0.15, 0.2) is 10.7 Å². The van der Waals surface area contributed by atoms with Gasteiger partial charge in [-0.1, -0.05) is 5.16 Å². The van der Waals surface area contributed by atoms with Gasteiger partial charge in [-0.05, 0) is 6.92 Å². The molecule has 0 bridgehead atoms. The number of nitrogens with zero attached hydrogens (tertiary/aromatic N) is 1. The van der Waals surface area contributed by atoms with E-state index in [1.165, 1.54) is 6.20 Å². The van der Waals surface area contributed by atoms with Gasteiger partial charge in [0, 0.05) is 13.7 Å². The number of hydrogen-bond donors (Lipinski definition) is 1. The number of methoxy groups -OCH3 is 1. The predicted octanol–water partition coefficient (Wildman–Crippen LogP) is 0.359. The summed E-state index contributed by atoms with van der Waals surface area (Å²) in [6, 6.07) is 0. The maximum absolute atomic E-state index is 11.3. The van der Waals surface area contributed by atoms with Crippen LogP contribution in [0.4, 0.5) is 0 Å². The Morgan fingerprint density at radius 1 is 1.77 bits per heavy atom. The smallest absolute Gasteiger partial charge is 0.256 e. The molecular weight excluding hydrogens is 172 g/mol. The summed E-state index contributed by atoms with van der Waals surface area (Å²) >= 11 is 0. The molecule has 0 radical (unpaired) electrons. The first kappa shape index (κ1) is 9.73. The monoisotopic (exact) mass is 184 g/mol. The van der Waals surface area contributed by atoms with Crippen LogP contribution in [0.1, 0.15) is 16.1 Å². The lowest BCUT2D eigenvalue weighted by atomic mass is 10.2. The first-order valence-corrected chi connectivity index (χ1v) is 3.94. The third-order valence-electron chi connectivity index (χ3n) is 1.59. The number of carbonyl (C=O) groups excluding carboxylic acids is 1. The van der Waals surface area contributed by atoms with Gasteiger partial charge in [0.15, 0.2) is 0 Å². The van der Waals surface area contributed by atoms with Crippen LogP contribution in [0.2, 0.25) is 0 Å². The molecule has 13 heavy (non-hydrogen) atoms. The van der Waals surface area contributed by atoms with E-state index >= 15 is 0 Å². The minimum absolute atomic E-state index is 0.184. The molecule has 0 spiro atoms. The zero-order valence-corrected chi connectivity index (χ0v) is 7.66. The number of carbonyl (C=O) groups is 1. The standard InChI is InChI=1S/C8H12N2O3/c1-6-7(5-10-13-6)8(11)9-3-4-12-2/h5H,3-4H2,1-2H3,(H,9,11). The Balaban J connectivity index is 2.45. The maximum Gasteiger partial charge on any atom is 0.256 e. The first-order valence-electron chi connectivity index (χ1n) is 3.94. The summed E-state index contributed by atoms with van der Waals surface area (Å²) in [5.74, 6) is 0.339. The van der Waals surface area contributed by atoms with Gasteiger partial charge in [0.25, 0.3) is 5.91 Å². The largest absolute Gasteiger partial charge is 0.383 e. The van der Waals surface area contributed by atoms with Crippen LogP contribution < -0.4 is 5.32 Å². The van der Waals surface area contributed by atoms with Crippen LogP contribution in [-0.4, -0.2) is 31.3 Å². The Kier molecular flexibility index (Phi) is 3.45. The van der Waals surface area contributed by atoms with Crippen LogP contribution in [0.5, 0.6) is 0 Å². The Morgan fingerprint density at radius 2 is 2.54 bits per heavy atom. The summed E-state index contributed by atoms with van der Waals surface area (Å²) in [5, 5.41) is 6.17. The summed E-state index contributed by atoms with van der Waals surface area (Å²) in [5.41, 5.74) is 0.469. The zero-order valence-electron chi connectivity index (χ0n) is 7.66. The minimum Gasteiger partial charge on any atom is -0.383 e. The lowest BCUT2D eigenvalue weighted by Crippen LogP contribution is -2.27. The van der Waals surface area contributed by atoms with E-state index in [9.17, 15) is 4.79 Å². The second-order valence-corrected chi connectivity index (χ2v) is 2.54. The maximum atomic E-state index is 11.3. The van der Waals surface area contributed by atoms with Crippen molar-refractivity contribution < 1.29 is 14.1 Å². The molecule has 1 amide bonds. The van der Waals surface area contributed by atoms with Crippen LogP contribution in [0.25, 0.3) is 0 Å². The minimum atomic E-state index is -0.184. The number of rotatable bonds is 4. The van der Waals surface area contributed by atoms with Crippen LogP contribution >= 0.6 is 0 Å². The molecule has 5 heteroatoms. The molecule has 0 aliphatic rings. The highest BCUT2D eigenvalue weighted by atomic mass is 16.5. The molecule has 0 aliphatic heterocycles. The van der Waals surface area contributed by atoms with Gasteiger partial charge in [-0.3, -0.25) is 4.79 Å². The number of hydrogen-bond acceptors (Lipinski definition) is 4. The van der Waals surface area contributed by atoms with Crippen molar-refractivity contribution >= 4 is 5.91 Å². The average Bonchev–Trinajstić information content (AvgIpc) is 2.52. The fraction of sp³-hybridized carbons (Fsp3) is 0.500. The number of amides is 1. The number of aromatic nitrogens is 1. The van der Waals surface area contributed by atoms with Gasteiger partial charge in [0.1, 0.15) is 11.3 Å². The molecular formula is C8H12N2O3. The molecule has 0 aromatic carbocycles. The molecule has 0 saturated heterocycles. The summed E-state index contributed by atoms with van der Waals surface area (Å²) in [6.07, 6.45) is 1.40. The van der Waals surface area contributed by atoms with E-state index in [-0.39, 0.29) is 5.91 Å². The summed E-state index contributed by atoms with van der Waals surface area (Å²) < 4.78 is 9.54. The van der Waals surface area contributed by atoms with E-state index in [0.717, 1.165) is 0 Å². The third-order valence-corrected chi connectivity index (χ3v) is 1.59. The Morgan fingerprint density at radius 3 is 3.08 bits per heavy atom. The molecule has 1 aromatic rings. The van der Waals surface area contributed by atoms with E-state index in [1.807, 2.05) is 0 Å². The average molecular weight is 184 g/mol. The van der Waals surface area contributed by atoms with Crippen LogP contribution in [-0.2, 0) is 4.74 Å². The highest BCUT2D eigenvalue weighted by molar-refractivity contribution is 5.94.